The Morgan fingerprint density at radius 1 is 0.846 bits per heavy atom. The van der Waals surface area contributed by atoms with Crippen LogP contribution in [0, 0.1) is 0 Å². The molecule has 52 heavy (non-hydrogen) atoms. The van der Waals surface area contributed by atoms with Crippen LogP contribution in [0.15, 0.2) is 102 Å². The van der Waals surface area contributed by atoms with Gasteiger partial charge >= 0.3 is 5.97 Å². The summed E-state index contributed by atoms with van der Waals surface area (Å²) in [6.07, 6.45) is -0.473. The number of hydrogen-bond acceptors (Lipinski definition) is 10. The maximum Gasteiger partial charge on any atom is 0.306 e. The summed E-state index contributed by atoms with van der Waals surface area (Å²) < 4.78 is 28.8. The van der Waals surface area contributed by atoms with Crippen molar-refractivity contribution in [3.63, 3.8) is 0 Å². The van der Waals surface area contributed by atoms with Crippen molar-refractivity contribution in [3.8, 4) is 28.4 Å². The van der Waals surface area contributed by atoms with E-state index in [-0.39, 0.29) is 31.9 Å². The third kappa shape index (κ3) is 9.68. The van der Waals surface area contributed by atoms with Crippen molar-refractivity contribution in [1.29, 1.82) is 0 Å². The molecule has 0 saturated carbocycles. The Kier molecular flexibility index (Phi) is 12.5. The van der Waals surface area contributed by atoms with E-state index in [4.69, 9.17) is 33.8 Å². The number of ether oxygens (including phenoxy) is 5. The first kappa shape index (κ1) is 37.9. The van der Waals surface area contributed by atoms with Gasteiger partial charge in [0.2, 0.25) is 5.90 Å². The van der Waals surface area contributed by atoms with Crippen molar-refractivity contribution in [2.24, 2.45) is 4.99 Å². The number of esters is 1. The van der Waals surface area contributed by atoms with E-state index in [0.717, 1.165) is 16.7 Å². The summed E-state index contributed by atoms with van der Waals surface area (Å²) in [5.41, 5.74) is 7.80. The molecular weight excluding hydrogens is 662 g/mol. The lowest BCUT2D eigenvalue weighted by Crippen LogP contribution is -2.52. The molecule has 3 N–H and O–H groups in total. The number of carbonyl (C=O) groups is 2. The first-order valence-corrected chi connectivity index (χ1v) is 17.3. The van der Waals surface area contributed by atoms with Gasteiger partial charge in [-0.05, 0) is 85.8 Å². The minimum absolute atomic E-state index is 0.000628. The van der Waals surface area contributed by atoms with Crippen molar-refractivity contribution in [2.45, 2.75) is 63.8 Å². The fraction of sp³-hybridized carbons (Fsp3) is 0.341. The smallest absolute Gasteiger partial charge is 0.306 e. The quantitative estimate of drug-likeness (QED) is 0.0693. The summed E-state index contributed by atoms with van der Waals surface area (Å²) in [5.74, 6) is 1.15. The third-order valence-corrected chi connectivity index (χ3v) is 8.39. The number of aliphatic hydroxyl groups is 1. The number of rotatable bonds is 16. The van der Waals surface area contributed by atoms with E-state index in [1.165, 1.54) is 0 Å². The van der Waals surface area contributed by atoms with E-state index >= 15 is 0 Å². The first-order valence-electron chi connectivity index (χ1n) is 17.3. The van der Waals surface area contributed by atoms with Crippen LogP contribution in [0.4, 0.5) is 0 Å². The van der Waals surface area contributed by atoms with Gasteiger partial charge in [-0.2, -0.15) is 0 Å². The molecule has 4 aromatic rings. The number of aliphatic imine (C=N–C) groups is 1. The second-order valence-corrected chi connectivity index (χ2v) is 13.4. The summed E-state index contributed by atoms with van der Waals surface area (Å²) in [4.78, 5) is 32.7. The van der Waals surface area contributed by atoms with Crippen LogP contribution in [0.2, 0.25) is 0 Å². The van der Waals surface area contributed by atoms with Crippen LogP contribution in [0.5, 0.6) is 17.2 Å². The van der Waals surface area contributed by atoms with Gasteiger partial charge in [-0.1, -0.05) is 54.6 Å². The Bertz CT molecular complexity index is 1800. The number of carbonyl (C=O) groups excluding carboxylic acids is 2. The van der Waals surface area contributed by atoms with Crippen molar-refractivity contribution >= 4 is 17.8 Å². The number of methoxy groups -OCH3 is 2. The highest BCUT2D eigenvalue weighted by Crippen LogP contribution is 2.44. The minimum Gasteiger partial charge on any atom is -0.497 e. The van der Waals surface area contributed by atoms with E-state index in [1.54, 1.807) is 65.3 Å². The monoisotopic (exact) mass is 709 g/mol. The molecule has 0 unspecified atom stereocenters. The fourth-order valence-corrected chi connectivity index (χ4v) is 5.84. The van der Waals surface area contributed by atoms with Gasteiger partial charge in [-0.15, -0.1) is 0 Å². The van der Waals surface area contributed by atoms with E-state index in [1.807, 2.05) is 66.7 Å². The number of hydrazine groups is 1. The second-order valence-electron chi connectivity index (χ2n) is 13.4. The SMILES string of the molecule is COc1cc(CNNC(=O)[C@@]2(CCC(=O)OC(C)(C)C)N=C(c3ccc(OCCCO)cc3)O[C@H]2c2ccc(-c3ccccc3)cc2)cc(OC)c1. The molecule has 4 aromatic carbocycles. The van der Waals surface area contributed by atoms with Crippen LogP contribution in [0.25, 0.3) is 11.1 Å². The van der Waals surface area contributed by atoms with Gasteiger partial charge in [0.25, 0.3) is 5.91 Å². The average molecular weight is 710 g/mol. The highest BCUT2D eigenvalue weighted by Gasteiger charge is 2.53. The Labute approximate surface area is 304 Å². The van der Waals surface area contributed by atoms with Gasteiger partial charge in [0.1, 0.15) is 22.8 Å². The van der Waals surface area contributed by atoms with E-state index in [0.29, 0.717) is 41.4 Å². The van der Waals surface area contributed by atoms with Crippen molar-refractivity contribution in [1.82, 2.24) is 10.9 Å². The van der Waals surface area contributed by atoms with Crippen LogP contribution in [-0.2, 0) is 25.6 Å². The van der Waals surface area contributed by atoms with Gasteiger partial charge in [-0.25, -0.2) is 10.4 Å². The molecule has 5 rings (SSSR count). The van der Waals surface area contributed by atoms with Crippen molar-refractivity contribution in [3.05, 3.63) is 114 Å². The number of nitrogens with zero attached hydrogens (tertiary/aromatic N) is 1. The van der Waals surface area contributed by atoms with Gasteiger partial charge in [0.05, 0.1) is 20.8 Å². The molecule has 0 aliphatic carbocycles. The Morgan fingerprint density at radius 2 is 1.48 bits per heavy atom. The average Bonchev–Trinajstić information content (AvgIpc) is 3.55. The molecular formula is C41H47N3O8. The zero-order chi connectivity index (χ0) is 37.1. The van der Waals surface area contributed by atoms with Crippen LogP contribution in [0.3, 0.4) is 0 Å². The third-order valence-electron chi connectivity index (χ3n) is 8.39. The molecule has 0 aromatic heterocycles. The van der Waals surface area contributed by atoms with Gasteiger partial charge in [0.15, 0.2) is 11.6 Å². The lowest BCUT2D eigenvalue weighted by atomic mass is 9.83. The Balaban J connectivity index is 1.50. The highest BCUT2D eigenvalue weighted by molar-refractivity contribution is 6.01. The number of aliphatic hydroxyl groups excluding tert-OH is 1. The fourth-order valence-electron chi connectivity index (χ4n) is 5.84. The summed E-state index contributed by atoms with van der Waals surface area (Å²) in [6.45, 7) is 6.05. The standard InChI is InChI=1S/C41H47N3O8/c1-40(2,3)52-36(46)20-21-41(39(47)44-42-27-28-24-34(48-4)26-35(25-28)49-5)37(31-14-12-30(13-15-31)29-10-7-6-8-11-29)51-38(43-41)32-16-18-33(19-17-32)50-23-9-22-45/h6-8,10-19,24-26,37,42,45H,9,20-23,27H2,1-5H3,(H,44,47)/t37-,41-/m0/s1. The molecule has 11 heteroatoms. The summed E-state index contributed by atoms with van der Waals surface area (Å²) in [7, 11) is 3.14. The van der Waals surface area contributed by atoms with Crippen LogP contribution < -0.4 is 25.1 Å². The van der Waals surface area contributed by atoms with E-state index < -0.39 is 29.1 Å². The summed E-state index contributed by atoms with van der Waals surface area (Å²) >= 11 is 0. The maximum atomic E-state index is 14.5. The molecule has 0 fully saturated rings. The second kappa shape index (κ2) is 17.2. The lowest BCUT2D eigenvalue weighted by molar-refractivity contribution is -0.155. The lowest BCUT2D eigenvalue weighted by Gasteiger charge is -2.31. The molecule has 1 amide bonds. The van der Waals surface area contributed by atoms with E-state index in [9.17, 15) is 9.59 Å². The normalized spacial score (nSPS) is 16.7. The van der Waals surface area contributed by atoms with Gasteiger partial charge in [-0.3, -0.25) is 15.0 Å². The Hall–Kier alpha value is -5.39. The molecule has 0 bridgehead atoms. The predicted octanol–water partition coefficient (Wildman–Crippen LogP) is 6.33. The molecule has 0 radical (unpaired) electrons. The molecule has 1 aliphatic rings. The molecule has 274 valence electrons. The summed E-state index contributed by atoms with van der Waals surface area (Å²) in [6, 6.07) is 30.4. The molecule has 1 aliphatic heterocycles. The predicted molar refractivity (Wildman–Crippen MR) is 198 cm³/mol. The number of amides is 1. The topological polar surface area (TPSA) is 137 Å². The van der Waals surface area contributed by atoms with Crippen LogP contribution in [0.1, 0.15) is 62.8 Å². The van der Waals surface area contributed by atoms with Crippen molar-refractivity contribution < 1.29 is 38.4 Å². The molecule has 0 saturated heterocycles. The number of benzene rings is 4. The molecule has 11 nitrogen and oxygen atoms in total. The van der Waals surface area contributed by atoms with E-state index in [2.05, 4.69) is 10.9 Å². The van der Waals surface area contributed by atoms with Gasteiger partial charge in [0, 0.05) is 37.6 Å². The van der Waals surface area contributed by atoms with Crippen molar-refractivity contribution in [2.75, 3.05) is 27.4 Å². The maximum absolute atomic E-state index is 14.5. The largest absolute Gasteiger partial charge is 0.497 e. The zero-order valence-corrected chi connectivity index (χ0v) is 30.3. The summed E-state index contributed by atoms with van der Waals surface area (Å²) in [5, 5.41) is 9.12. The molecule has 0 spiro atoms. The number of nitrogens with one attached hydrogen (secondary N) is 2. The first-order chi connectivity index (χ1) is 25.0. The molecule has 1 heterocycles. The number of hydrogen-bond donors (Lipinski definition) is 3. The van der Waals surface area contributed by atoms with Crippen LogP contribution >= 0.6 is 0 Å². The van der Waals surface area contributed by atoms with Crippen LogP contribution in [-0.4, -0.2) is 61.5 Å². The Morgan fingerprint density at radius 3 is 2.10 bits per heavy atom. The zero-order valence-electron chi connectivity index (χ0n) is 30.3. The molecule has 2 atom stereocenters. The highest BCUT2D eigenvalue weighted by atomic mass is 16.6. The van der Waals surface area contributed by atoms with Gasteiger partial charge < -0.3 is 28.8 Å². The minimum atomic E-state index is -1.57.